The number of carbonyl (C=O) groups is 1. The first-order valence-electron chi connectivity index (χ1n) is 3.58. The third kappa shape index (κ3) is 2.27. The van der Waals surface area contributed by atoms with E-state index in [0.29, 0.717) is 5.76 Å². The molecule has 0 aliphatic carbocycles. The van der Waals surface area contributed by atoms with E-state index in [-0.39, 0.29) is 0 Å². The SMILES string of the molecule is Cc1ccc(C(F)(F)CC(=O)O)o1. The smallest absolute Gasteiger partial charge is 0.315 e. The van der Waals surface area contributed by atoms with Gasteiger partial charge in [0, 0.05) is 0 Å². The lowest BCUT2D eigenvalue weighted by Gasteiger charge is -2.09. The second kappa shape index (κ2) is 3.16. The van der Waals surface area contributed by atoms with Gasteiger partial charge in [0.2, 0.25) is 0 Å². The van der Waals surface area contributed by atoms with Crippen molar-refractivity contribution in [1.29, 1.82) is 0 Å². The minimum absolute atomic E-state index is 0.333. The molecule has 1 heterocycles. The topological polar surface area (TPSA) is 50.4 Å². The van der Waals surface area contributed by atoms with E-state index in [0.717, 1.165) is 6.07 Å². The standard InChI is InChI=1S/C8H8F2O3/c1-5-2-3-6(13-5)8(9,10)4-7(11)12/h2-3H,4H2,1H3,(H,11,12). The third-order valence-electron chi connectivity index (χ3n) is 1.47. The van der Waals surface area contributed by atoms with Crippen molar-refractivity contribution in [3.05, 3.63) is 23.7 Å². The van der Waals surface area contributed by atoms with Crippen LogP contribution in [0.25, 0.3) is 0 Å². The normalized spacial score (nSPS) is 11.6. The summed E-state index contributed by atoms with van der Waals surface area (Å²) < 4.78 is 30.5. The molecule has 0 spiro atoms. The number of carboxylic acids is 1. The van der Waals surface area contributed by atoms with Crippen LogP contribution in [0, 0.1) is 6.92 Å². The monoisotopic (exact) mass is 190 g/mol. The van der Waals surface area contributed by atoms with Gasteiger partial charge >= 0.3 is 11.9 Å². The van der Waals surface area contributed by atoms with Crippen LogP contribution in [-0.4, -0.2) is 11.1 Å². The van der Waals surface area contributed by atoms with Gasteiger partial charge < -0.3 is 9.52 Å². The highest BCUT2D eigenvalue weighted by molar-refractivity contribution is 5.68. The fourth-order valence-corrected chi connectivity index (χ4v) is 0.908. The van der Waals surface area contributed by atoms with Crippen LogP contribution >= 0.6 is 0 Å². The van der Waals surface area contributed by atoms with Crippen molar-refractivity contribution in [2.24, 2.45) is 0 Å². The van der Waals surface area contributed by atoms with E-state index in [1.54, 1.807) is 0 Å². The Morgan fingerprint density at radius 3 is 2.62 bits per heavy atom. The highest BCUT2D eigenvalue weighted by Crippen LogP contribution is 2.32. The number of furan rings is 1. The van der Waals surface area contributed by atoms with Gasteiger partial charge in [0.15, 0.2) is 5.76 Å². The maximum absolute atomic E-state index is 12.9. The summed E-state index contributed by atoms with van der Waals surface area (Å²) >= 11 is 0. The number of carboxylic acid groups (broad SMARTS) is 1. The van der Waals surface area contributed by atoms with Gasteiger partial charge in [-0.05, 0) is 19.1 Å². The summed E-state index contributed by atoms with van der Waals surface area (Å²) in [5.41, 5.74) is 0. The average Bonchev–Trinajstić information content (AvgIpc) is 2.32. The zero-order chi connectivity index (χ0) is 10.1. The van der Waals surface area contributed by atoms with E-state index in [9.17, 15) is 13.6 Å². The summed E-state index contributed by atoms with van der Waals surface area (Å²) in [6.07, 6.45) is -1.25. The Balaban J connectivity index is 2.86. The average molecular weight is 190 g/mol. The van der Waals surface area contributed by atoms with E-state index in [1.165, 1.54) is 13.0 Å². The van der Waals surface area contributed by atoms with Crippen LogP contribution in [0.1, 0.15) is 17.9 Å². The molecule has 13 heavy (non-hydrogen) atoms. The molecule has 0 bridgehead atoms. The molecule has 0 atom stereocenters. The van der Waals surface area contributed by atoms with E-state index in [2.05, 4.69) is 4.42 Å². The molecular weight excluding hydrogens is 182 g/mol. The van der Waals surface area contributed by atoms with Crippen molar-refractivity contribution in [3.8, 4) is 0 Å². The van der Waals surface area contributed by atoms with E-state index in [4.69, 9.17) is 5.11 Å². The Hall–Kier alpha value is -1.39. The number of aryl methyl sites for hydroxylation is 1. The molecule has 1 N–H and O–H groups in total. The lowest BCUT2D eigenvalue weighted by atomic mass is 10.2. The molecular formula is C8H8F2O3. The highest BCUT2D eigenvalue weighted by atomic mass is 19.3. The fraction of sp³-hybridized carbons (Fsp3) is 0.375. The highest BCUT2D eigenvalue weighted by Gasteiger charge is 2.37. The second-order valence-corrected chi connectivity index (χ2v) is 2.69. The van der Waals surface area contributed by atoms with Crippen LogP contribution in [0.2, 0.25) is 0 Å². The van der Waals surface area contributed by atoms with Gasteiger partial charge in [-0.2, -0.15) is 8.78 Å². The Morgan fingerprint density at radius 2 is 2.23 bits per heavy atom. The van der Waals surface area contributed by atoms with Crippen molar-refractivity contribution >= 4 is 5.97 Å². The van der Waals surface area contributed by atoms with Crippen LogP contribution in [-0.2, 0) is 10.7 Å². The number of aliphatic carboxylic acids is 1. The Kier molecular flexibility index (Phi) is 2.36. The van der Waals surface area contributed by atoms with Gasteiger partial charge in [-0.3, -0.25) is 4.79 Å². The molecule has 0 fully saturated rings. The van der Waals surface area contributed by atoms with Crippen molar-refractivity contribution in [2.45, 2.75) is 19.3 Å². The van der Waals surface area contributed by atoms with Crippen molar-refractivity contribution in [3.63, 3.8) is 0 Å². The largest absolute Gasteiger partial charge is 0.481 e. The predicted molar refractivity (Wildman–Crippen MR) is 39.6 cm³/mol. The van der Waals surface area contributed by atoms with Crippen molar-refractivity contribution in [2.75, 3.05) is 0 Å². The van der Waals surface area contributed by atoms with Gasteiger partial charge in [-0.25, -0.2) is 0 Å². The van der Waals surface area contributed by atoms with E-state index >= 15 is 0 Å². The van der Waals surface area contributed by atoms with Gasteiger partial charge in [-0.1, -0.05) is 0 Å². The first-order chi connectivity index (χ1) is 5.92. The molecule has 0 unspecified atom stereocenters. The second-order valence-electron chi connectivity index (χ2n) is 2.69. The number of alkyl halides is 2. The zero-order valence-corrected chi connectivity index (χ0v) is 6.88. The molecule has 72 valence electrons. The lowest BCUT2D eigenvalue weighted by Crippen LogP contribution is -2.17. The molecule has 3 nitrogen and oxygen atoms in total. The Labute approximate surface area is 73.0 Å². The fourth-order valence-electron chi connectivity index (χ4n) is 0.908. The number of hydrogen-bond acceptors (Lipinski definition) is 2. The molecule has 0 aliphatic heterocycles. The molecule has 1 aromatic heterocycles. The van der Waals surface area contributed by atoms with Gasteiger partial charge in [-0.15, -0.1) is 0 Å². The minimum atomic E-state index is -3.43. The number of halogens is 2. The minimum Gasteiger partial charge on any atom is -0.481 e. The van der Waals surface area contributed by atoms with Crippen LogP contribution in [0.4, 0.5) is 8.78 Å². The van der Waals surface area contributed by atoms with Crippen LogP contribution in [0.5, 0.6) is 0 Å². The summed E-state index contributed by atoms with van der Waals surface area (Å²) in [5.74, 6) is -5.26. The summed E-state index contributed by atoms with van der Waals surface area (Å²) in [4.78, 5) is 10.1. The number of hydrogen-bond donors (Lipinski definition) is 1. The van der Waals surface area contributed by atoms with Gasteiger partial charge in [0.1, 0.15) is 12.2 Å². The van der Waals surface area contributed by atoms with Crippen LogP contribution in [0.15, 0.2) is 16.5 Å². The van der Waals surface area contributed by atoms with Crippen LogP contribution < -0.4 is 0 Å². The summed E-state index contributed by atoms with van der Waals surface area (Å²) in [6.45, 7) is 1.51. The predicted octanol–water partition coefficient (Wildman–Crippen LogP) is 2.15. The van der Waals surface area contributed by atoms with E-state index in [1.807, 2.05) is 0 Å². The van der Waals surface area contributed by atoms with E-state index < -0.39 is 24.1 Å². The molecule has 0 aromatic carbocycles. The van der Waals surface area contributed by atoms with Gasteiger partial charge in [0.25, 0.3) is 0 Å². The van der Waals surface area contributed by atoms with Crippen LogP contribution in [0.3, 0.4) is 0 Å². The molecule has 0 saturated heterocycles. The molecule has 0 amide bonds. The maximum atomic E-state index is 12.9. The lowest BCUT2D eigenvalue weighted by molar-refractivity contribution is -0.146. The maximum Gasteiger partial charge on any atom is 0.315 e. The number of rotatable bonds is 3. The van der Waals surface area contributed by atoms with Gasteiger partial charge in [0.05, 0.1) is 0 Å². The first kappa shape index (κ1) is 9.70. The first-order valence-corrected chi connectivity index (χ1v) is 3.58. The molecule has 0 saturated carbocycles. The summed E-state index contributed by atoms with van der Waals surface area (Å²) in [7, 11) is 0. The molecule has 0 radical (unpaired) electrons. The quantitative estimate of drug-likeness (QED) is 0.794. The van der Waals surface area contributed by atoms with Crippen molar-refractivity contribution in [1.82, 2.24) is 0 Å². The summed E-state index contributed by atoms with van der Waals surface area (Å²) in [6, 6.07) is 2.45. The summed E-state index contributed by atoms with van der Waals surface area (Å²) in [5, 5.41) is 8.20. The third-order valence-corrected chi connectivity index (χ3v) is 1.47. The Morgan fingerprint density at radius 1 is 1.62 bits per heavy atom. The molecule has 1 rings (SSSR count). The molecule has 5 heteroatoms. The zero-order valence-electron chi connectivity index (χ0n) is 6.88. The van der Waals surface area contributed by atoms with Crippen molar-refractivity contribution < 1.29 is 23.1 Å². The molecule has 1 aromatic rings. The Bertz CT molecular complexity index is 317. The molecule has 0 aliphatic rings.